The molecule has 2 atom stereocenters. The van der Waals surface area contributed by atoms with Crippen molar-refractivity contribution in [3.05, 3.63) is 71.9 Å². The normalized spacial score (nSPS) is 16.7. The van der Waals surface area contributed by atoms with Crippen LogP contribution in [0.4, 0.5) is 17.2 Å². The number of methoxy groups -OCH3 is 1. The molecule has 6 nitrogen and oxygen atoms in total. The second-order valence-corrected chi connectivity index (χ2v) is 8.85. The number of nitrogens with zero attached hydrogens (tertiary/aromatic N) is 1. The molecule has 0 saturated carbocycles. The third-order valence-electron chi connectivity index (χ3n) is 5.29. The van der Waals surface area contributed by atoms with Gasteiger partial charge in [-0.2, -0.15) is 0 Å². The molecule has 7 heteroatoms. The zero-order valence-electron chi connectivity index (χ0n) is 17.8. The van der Waals surface area contributed by atoms with E-state index < -0.39 is 11.2 Å². The van der Waals surface area contributed by atoms with E-state index in [-0.39, 0.29) is 6.10 Å². The Hall–Kier alpha value is -2.74. The molecular weight excluding hydrogens is 410 g/mol. The lowest BCUT2D eigenvalue weighted by atomic mass is 10.1. The van der Waals surface area contributed by atoms with Crippen LogP contribution in [0, 0.1) is 0 Å². The number of hydrogen-bond donors (Lipinski definition) is 2. The van der Waals surface area contributed by atoms with Crippen LogP contribution in [0.1, 0.15) is 30.1 Å². The molecule has 0 spiro atoms. The number of aromatic nitrogens is 1. The van der Waals surface area contributed by atoms with Crippen LogP contribution in [-0.2, 0) is 22.5 Å². The molecule has 0 amide bonds. The fraction of sp³-hybridized carbons (Fsp3) is 0.292. The van der Waals surface area contributed by atoms with Crippen molar-refractivity contribution < 1.29 is 14.0 Å². The lowest BCUT2D eigenvalue weighted by Crippen LogP contribution is -2.07. The summed E-state index contributed by atoms with van der Waals surface area (Å²) in [5, 5.41) is 6.88. The highest BCUT2D eigenvalue weighted by Crippen LogP contribution is 2.35. The van der Waals surface area contributed by atoms with Crippen LogP contribution in [0.25, 0.3) is 0 Å². The molecule has 4 rings (SSSR count). The number of rotatable bonds is 8. The maximum atomic E-state index is 11.9. The lowest BCUT2D eigenvalue weighted by molar-refractivity contribution is 0.112. The van der Waals surface area contributed by atoms with E-state index >= 15 is 0 Å². The van der Waals surface area contributed by atoms with Gasteiger partial charge in [0.1, 0.15) is 17.8 Å². The van der Waals surface area contributed by atoms with E-state index in [2.05, 4.69) is 15.6 Å². The minimum absolute atomic E-state index is 0.0362. The van der Waals surface area contributed by atoms with Crippen LogP contribution >= 0.6 is 0 Å². The monoisotopic (exact) mass is 437 g/mol. The Morgan fingerprint density at radius 2 is 2.03 bits per heavy atom. The number of benzene rings is 2. The molecule has 1 fully saturated rings. The molecule has 0 radical (unpaired) electrons. The van der Waals surface area contributed by atoms with E-state index in [9.17, 15) is 4.55 Å². The van der Waals surface area contributed by atoms with E-state index in [1.807, 2.05) is 60.8 Å². The highest BCUT2D eigenvalue weighted by molar-refractivity contribution is 7.90. The quantitative estimate of drug-likeness (QED) is 0.481. The first-order valence-electron chi connectivity index (χ1n) is 10.3. The van der Waals surface area contributed by atoms with Gasteiger partial charge in [0.05, 0.1) is 13.2 Å². The van der Waals surface area contributed by atoms with Crippen molar-refractivity contribution in [2.45, 2.75) is 30.4 Å². The first kappa shape index (κ1) is 21.5. The summed E-state index contributed by atoms with van der Waals surface area (Å²) in [7, 11) is 1.66. The summed E-state index contributed by atoms with van der Waals surface area (Å²) >= 11 is -1.03. The Balaban J connectivity index is 1.55. The Labute approximate surface area is 186 Å². The second-order valence-electron chi connectivity index (χ2n) is 7.47. The van der Waals surface area contributed by atoms with Gasteiger partial charge in [-0.3, -0.25) is 0 Å². The highest BCUT2D eigenvalue weighted by atomic mass is 32.2. The van der Waals surface area contributed by atoms with Crippen LogP contribution in [0.3, 0.4) is 0 Å². The van der Waals surface area contributed by atoms with Gasteiger partial charge in [0.25, 0.3) is 0 Å². The number of nitrogens with one attached hydrogen (secondary N) is 2. The van der Waals surface area contributed by atoms with Gasteiger partial charge in [0.2, 0.25) is 0 Å². The van der Waals surface area contributed by atoms with Crippen LogP contribution in [-0.4, -0.2) is 29.5 Å². The minimum Gasteiger partial charge on any atom is -0.612 e. The number of hydrogen-bond acceptors (Lipinski definition) is 6. The Kier molecular flexibility index (Phi) is 6.96. The van der Waals surface area contributed by atoms with E-state index in [4.69, 9.17) is 9.47 Å². The first-order valence-corrected chi connectivity index (χ1v) is 11.9. The molecule has 1 saturated heterocycles. The van der Waals surface area contributed by atoms with Crippen molar-refractivity contribution in [1.82, 2.24) is 4.98 Å². The summed E-state index contributed by atoms with van der Waals surface area (Å²) in [4.78, 5) is 5.40. The third kappa shape index (κ3) is 5.50. The highest BCUT2D eigenvalue weighted by Gasteiger charge is 2.22. The first-order chi connectivity index (χ1) is 15.1. The largest absolute Gasteiger partial charge is 0.612 e. The fourth-order valence-electron chi connectivity index (χ4n) is 3.59. The molecule has 31 heavy (non-hydrogen) atoms. The molecule has 3 aromatic rings. The SMILES string of the molecule is COc1ccc(CNc2cc(Nc3cccc([S+](C)[O-])c3)c(C3CCCO3)cn2)cc1. The van der Waals surface area contributed by atoms with Crippen molar-refractivity contribution in [2.75, 3.05) is 30.6 Å². The molecule has 162 valence electrons. The predicted molar refractivity (Wildman–Crippen MR) is 125 cm³/mol. The van der Waals surface area contributed by atoms with Crippen molar-refractivity contribution in [3.8, 4) is 5.75 Å². The predicted octanol–water partition coefficient (Wildman–Crippen LogP) is 5.03. The number of ether oxygens (including phenoxy) is 2. The van der Waals surface area contributed by atoms with Gasteiger partial charge in [0.15, 0.2) is 4.90 Å². The summed E-state index contributed by atoms with van der Waals surface area (Å²) in [6, 6.07) is 17.6. The number of anilines is 3. The van der Waals surface area contributed by atoms with Crippen molar-refractivity contribution in [2.24, 2.45) is 0 Å². The zero-order chi connectivity index (χ0) is 21.6. The molecule has 0 bridgehead atoms. The fourth-order valence-corrected chi connectivity index (χ4v) is 4.16. The summed E-state index contributed by atoms with van der Waals surface area (Å²) in [5.74, 6) is 1.61. The standard InChI is InChI=1S/C24H27N3O3S/c1-29-19-10-8-17(9-11-19)15-25-24-14-22(21(16-26-24)23-7-4-12-30-23)27-18-5-3-6-20(13-18)31(2)28/h3,5-6,8-11,13-14,16,23H,4,7,12,15H2,1-2H3,(H2,25,26,27). The zero-order valence-corrected chi connectivity index (χ0v) is 18.6. The smallest absolute Gasteiger partial charge is 0.154 e. The van der Waals surface area contributed by atoms with Crippen molar-refractivity contribution in [1.29, 1.82) is 0 Å². The van der Waals surface area contributed by atoms with E-state index in [0.29, 0.717) is 6.54 Å². The molecule has 0 aliphatic carbocycles. The third-order valence-corrected chi connectivity index (χ3v) is 6.21. The lowest BCUT2D eigenvalue weighted by Gasteiger charge is -2.18. The number of pyridine rings is 1. The van der Waals surface area contributed by atoms with Gasteiger partial charge < -0.3 is 24.7 Å². The Morgan fingerprint density at radius 3 is 2.74 bits per heavy atom. The maximum absolute atomic E-state index is 11.9. The van der Waals surface area contributed by atoms with Gasteiger partial charge in [0, 0.05) is 48.4 Å². The van der Waals surface area contributed by atoms with Gasteiger partial charge in [-0.1, -0.05) is 18.2 Å². The average Bonchev–Trinajstić information content (AvgIpc) is 3.33. The molecule has 2 unspecified atom stereocenters. The van der Waals surface area contributed by atoms with Gasteiger partial charge in [-0.15, -0.1) is 0 Å². The average molecular weight is 438 g/mol. The van der Waals surface area contributed by atoms with Gasteiger partial charge in [-0.05, 0) is 53.8 Å². The molecule has 1 aliphatic rings. The molecule has 2 aromatic carbocycles. The van der Waals surface area contributed by atoms with Crippen molar-refractivity contribution >= 4 is 28.4 Å². The Morgan fingerprint density at radius 1 is 1.19 bits per heavy atom. The van der Waals surface area contributed by atoms with Gasteiger partial charge in [-0.25, -0.2) is 4.98 Å². The topological polar surface area (TPSA) is 78.5 Å². The van der Waals surface area contributed by atoms with Crippen LogP contribution in [0.5, 0.6) is 5.75 Å². The minimum atomic E-state index is -1.03. The van der Waals surface area contributed by atoms with Crippen LogP contribution < -0.4 is 15.4 Å². The summed E-state index contributed by atoms with van der Waals surface area (Å²) in [6.07, 6.45) is 5.63. The molecule has 2 heterocycles. The molecule has 2 N–H and O–H groups in total. The van der Waals surface area contributed by atoms with Crippen LogP contribution in [0.15, 0.2) is 65.7 Å². The summed E-state index contributed by atoms with van der Waals surface area (Å²) in [6.45, 7) is 1.42. The summed E-state index contributed by atoms with van der Waals surface area (Å²) < 4.78 is 23.0. The molecular formula is C24H27N3O3S. The van der Waals surface area contributed by atoms with E-state index in [1.165, 1.54) is 0 Å². The molecule has 1 aromatic heterocycles. The van der Waals surface area contributed by atoms with Gasteiger partial charge >= 0.3 is 0 Å². The summed E-state index contributed by atoms with van der Waals surface area (Å²) in [5.41, 5.74) is 4.01. The van der Waals surface area contributed by atoms with E-state index in [1.54, 1.807) is 13.4 Å². The van der Waals surface area contributed by atoms with E-state index in [0.717, 1.165) is 58.4 Å². The van der Waals surface area contributed by atoms with Crippen LogP contribution in [0.2, 0.25) is 0 Å². The van der Waals surface area contributed by atoms with Crippen molar-refractivity contribution in [3.63, 3.8) is 0 Å². The second kappa shape index (κ2) is 10.0. The maximum Gasteiger partial charge on any atom is 0.154 e. The Bertz CT molecular complexity index is 1010. The molecule has 1 aliphatic heterocycles.